The lowest BCUT2D eigenvalue weighted by atomic mass is 9.86. The van der Waals surface area contributed by atoms with Crippen molar-refractivity contribution in [1.29, 1.82) is 0 Å². The summed E-state index contributed by atoms with van der Waals surface area (Å²) < 4.78 is 6.63. The number of fused-ring (bicyclic) bond motifs is 3. The molecule has 3 N–H and O–H groups in total. The van der Waals surface area contributed by atoms with Gasteiger partial charge in [-0.05, 0) is 42.4 Å². The van der Waals surface area contributed by atoms with Gasteiger partial charge >= 0.3 is 0 Å². The number of amides is 3. The fraction of sp³-hybridized carbons (Fsp3) is 0.429. The standard InChI is InChI=1S/C35H42N4O4/c1-4-5-12-28-34(42)39-22-25(20-30(39)33(36)41)43-31-21-29(24-10-7-6-8-11-24)37-27-15-14-23(19-26(27)31)16-18-35(2,3)17-9-13-32(40)38-28/h6-8,10-11,14-16,18-19,21,25,28,30H,4-5,9,12-13,17,20,22H2,1-3H3,(H2,36,41)(H,38,40)/b18-16+/t25-,28+,30+/m1/s1. The van der Waals surface area contributed by atoms with Gasteiger partial charge in [0.15, 0.2) is 0 Å². The molecule has 0 saturated carbocycles. The zero-order valence-corrected chi connectivity index (χ0v) is 25.3. The van der Waals surface area contributed by atoms with Gasteiger partial charge in [0.05, 0.1) is 17.8 Å². The van der Waals surface area contributed by atoms with Gasteiger partial charge in [-0.1, -0.05) is 82.2 Å². The summed E-state index contributed by atoms with van der Waals surface area (Å²) in [7, 11) is 0. The van der Waals surface area contributed by atoms with E-state index in [1.54, 1.807) is 0 Å². The number of nitrogens with zero attached hydrogens (tertiary/aromatic N) is 2. The number of nitrogens with one attached hydrogen (secondary N) is 1. The number of carbonyl (C=O) groups excluding carboxylic acids is 3. The molecule has 3 aromatic rings. The van der Waals surface area contributed by atoms with E-state index >= 15 is 0 Å². The van der Waals surface area contributed by atoms with Crippen molar-refractivity contribution in [2.24, 2.45) is 11.1 Å². The highest BCUT2D eigenvalue weighted by molar-refractivity contribution is 5.93. The van der Waals surface area contributed by atoms with Crippen LogP contribution in [-0.4, -0.2) is 52.3 Å². The summed E-state index contributed by atoms with van der Waals surface area (Å²) in [6, 6.07) is 16.4. The first-order valence-electron chi connectivity index (χ1n) is 15.4. The molecule has 0 unspecified atom stereocenters. The molecule has 4 bridgehead atoms. The summed E-state index contributed by atoms with van der Waals surface area (Å²) in [6.07, 6.45) is 8.08. The highest BCUT2D eigenvalue weighted by Gasteiger charge is 2.42. The topological polar surface area (TPSA) is 115 Å². The van der Waals surface area contributed by atoms with Crippen LogP contribution in [0.3, 0.4) is 0 Å². The fourth-order valence-corrected chi connectivity index (χ4v) is 5.99. The minimum atomic E-state index is -0.818. The van der Waals surface area contributed by atoms with Crippen LogP contribution >= 0.6 is 0 Å². The number of pyridine rings is 1. The van der Waals surface area contributed by atoms with E-state index in [9.17, 15) is 14.4 Å². The minimum Gasteiger partial charge on any atom is -0.488 e. The Balaban J connectivity index is 1.58. The third-order valence-corrected chi connectivity index (χ3v) is 8.46. The maximum absolute atomic E-state index is 13.9. The predicted octanol–water partition coefficient (Wildman–Crippen LogP) is 5.63. The van der Waals surface area contributed by atoms with E-state index in [0.717, 1.165) is 47.0 Å². The fourth-order valence-electron chi connectivity index (χ4n) is 5.99. The van der Waals surface area contributed by atoms with Gasteiger partial charge in [0, 0.05) is 29.9 Å². The molecule has 1 fully saturated rings. The molecular weight excluding hydrogens is 540 g/mol. The first-order valence-corrected chi connectivity index (χ1v) is 15.4. The quantitative estimate of drug-likeness (QED) is 0.405. The van der Waals surface area contributed by atoms with Crippen LogP contribution in [0, 0.1) is 5.41 Å². The molecule has 43 heavy (non-hydrogen) atoms. The Morgan fingerprint density at radius 2 is 1.93 bits per heavy atom. The molecule has 1 aromatic heterocycles. The second kappa shape index (κ2) is 13.0. The summed E-state index contributed by atoms with van der Waals surface area (Å²) >= 11 is 0. The van der Waals surface area contributed by atoms with Gasteiger partial charge in [0.25, 0.3) is 0 Å². The molecular formula is C35H42N4O4. The van der Waals surface area contributed by atoms with Crippen LogP contribution in [-0.2, 0) is 14.4 Å². The number of carbonyl (C=O) groups is 3. The summed E-state index contributed by atoms with van der Waals surface area (Å²) in [4.78, 5) is 45.9. The molecule has 0 radical (unpaired) electrons. The first-order chi connectivity index (χ1) is 20.6. The van der Waals surface area contributed by atoms with Crippen LogP contribution in [0.5, 0.6) is 5.75 Å². The summed E-state index contributed by atoms with van der Waals surface area (Å²) in [5, 5.41) is 3.83. The molecule has 0 aliphatic carbocycles. The van der Waals surface area contributed by atoms with E-state index in [4.69, 9.17) is 15.5 Å². The normalized spacial score (nSPS) is 23.3. The van der Waals surface area contributed by atoms with Crippen LogP contribution in [0.15, 0.2) is 60.7 Å². The SMILES string of the molecule is CCCC[C@@H]1NC(=O)CCCC(C)(C)/C=C/c2ccc3nc(-c4ccccc4)cc(c3c2)O[C@@H]2C[C@@H](C(N)=O)N(C2)C1=O. The minimum absolute atomic E-state index is 0.133. The van der Waals surface area contributed by atoms with Crippen molar-refractivity contribution in [3.8, 4) is 17.0 Å². The number of benzene rings is 2. The lowest BCUT2D eigenvalue weighted by Crippen LogP contribution is -2.53. The van der Waals surface area contributed by atoms with Crippen LogP contribution in [0.25, 0.3) is 28.2 Å². The largest absolute Gasteiger partial charge is 0.488 e. The van der Waals surface area contributed by atoms with Gasteiger partial charge in [0.1, 0.15) is 23.9 Å². The van der Waals surface area contributed by atoms with Gasteiger partial charge in [-0.3, -0.25) is 14.4 Å². The molecule has 0 spiro atoms. The Hall–Kier alpha value is -4.20. The predicted molar refractivity (Wildman–Crippen MR) is 169 cm³/mol. The van der Waals surface area contributed by atoms with E-state index in [1.807, 2.05) is 55.5 Å². The molecule has 5 rings (SSSR count). The van der Waals surface area contributed by atoms with E-state index in [1.165, 1.54) is 4.90 Å². The van der Waals surface area contributed by atoms with Crippen LogP contribution < -0.4 is 15.8 Å². The molecule has 8 heteroatoms. The van der Waals surface area contributed by atoms with Crippen molar-refractivity contribution >= 4 is 34.7 Å². The number of ether oxygens (including phenoxy) is 1. The summed E-state index contributed by atoms with van der Waals surface area (Å²) in [6.45, 7) is 6.56. The van der Waals surface area contributed by atoms with Crippen molar-refractivity contribution in [2.45, 2.75) is 83.9 Å². The van der Waals surface area contributed by atoms with E-state index in [-0.39, 0.29) is 30.2 Å². The third kappa shape index (κ3) is 7.24. The smallest absolute Gasteiger partial charge is 0.245 e. The highest BCUT2D eigenvalue weighted by atomic mass is 16.5. The second-order valence-corrected chi connectivity index (χ2v) is 12.5. The third-order valence-electron chi connectivity index (χ3n) is 8.46. The number of unbranched alkanes of at least 4 members (excludes halogenated alkanes) is 1. The number of nitrogens with two attached hydrogens (primary N) is 1. The number of primary amides is 1. The second-order valence-electron chi connectivity index (χ2n) is 12.5. The molecule has 226 valence electrons. The van der Waals surface area contributed by atoms with Gasteiger partial charge < -0.3 is 20.7 Å². The Morgan fingerprint density at radius 3 is 2.67 bits per heavy atom. The average Bonchev–Trinajstić information content (AvgIpc) is 3.42. The van der Waals surface area contributed by atoms with E-state index < -0.39 is 24.1 Å². The highest BCUT2D eigenvalue weighted by Crippen LogP contribution is 2.35. The monoisotopic (exact) mass is 582 g/mol. The molecule has 3 atom stereocenters. The van der Waals surface area contributed by atoms with Gasteiger partial charge in [-0.2, -0.15) is 0 Å². The van der Waals surface area contributed by atoms with E-state index in [0.29, 0.717) is 25.0 Å². The molecule has 3 amide bonds. The van der Waals surface area contributed by atoms with Gasteiger partial charge in [-0.25, -0.2) is 4.98 Å². The lowest BCUT2D eigenvalue weighted by molar-refractivity contribution is -0.140. The average molecular weight is 583 g/mol. The van der Waals surface area contributed by atoms with Crippen LogP contribution in [0.2, 0.25) is 0 Å². The summed E-state index contributed by atoms with van der Waals surface area (Å²) in [5.74, 6) is -0.380. The van der Waals surface area contributed by atoms with Crippen LogP contribution in [0.1, 0.15) is 71.3 Å². The van der Waals surface area contributed by atoms with Gasteiger partial charge in [0.2, 0.25) is 17.7 Å². The Bertz CT molecular complexity index is 1520. The molecule has 2 aliphatic rings. The molecule has 1 saturated heterocycles. The summed E-state index contributed by atoms with van der Waals surface area (Å²) in [5.41, 5.74) is 9.22. The van der Waals surface area contributed by atoms with Crippen molar-refractivity contribution in [3.63, 3.8) is 0 Å². The van der Waals surface area contributed by atoms with E-state index in [2.05, 4.69) is 37.4 Å². The number of allylic oxidation sites excluding steroid dienone is 1. The Morgan fingerprint density at radius 1 is 1.14 bits per heavy atom. The molecule has 3 heterocycles. The Kier molecular flexibility index (Phi) is 9.14. The zero-order chi connectivity index (χ0) is 30.6. The van der Waals surface area contributed by atoms with Crippen molar-refractivity contribution in [2.75, 3.05) is 6.54 Å². The van der Waals surface area contributed by atoms with Crippen molar-refractivity contribution in [1.82, 2.24) is 15.2 Å². The van der Waals surface area contributed by atoms with Crippen LogP contribution in [0.4, 0.5) is 0 Å². The van der Waals surface area contributed by atoms with Crippen molar-refractivity contribution in [3.05, 3.63) is 66.2 Å². The molecule has 2 aromatic carbocycles. The number of hydrogen-bond acceptors (Lipinski definition) is 5. The zero-order valence-electron chi connectivity index (χ0n) is 25.3. The molecule has 8 nitrogen and oxygen atoms in total. The number of rotatable bonds is 5. The lowest BCUT2D eigenvalue weighted by Gasteiger charge is -2.28. The number of aromatic nitrogens is 1. The maximum atomic E-state index is 13.9. The molecule has 2 aliphatic heterocycles. The number of hydrogen-bond donors (Lipinski definition) is 2. The first kappa shape index (κ1) is 30.3. The van der Waals surface area contributed by atoms with Gasteiger partial charge in [-0.15, -0.1) is 0 Å². The van der Waals surface area contributed by atoms with Crippen molar-refractivity contribution < 1.29 is 19.1 Å². The Labute approximate surface area is 253 Å². The maximum Gasteiger partial charge on any atom is 0.245 e.